The Morgan fingerprint density at radius 2 is 2.21 bits per heavy atom. The van der Waals surface area contributed by atoms with Gasteiger partial charge in [0.2, 0.25) is 6.54 Å². The summed E-state index contributed by atoms with van der Waals surface area (Å²) in [4.78, 5) is 3.01. The number of aromatic nitrogens is 2. The Kier molecular flexibility index (Phi) is 2.79. The molecule has 76 valence electrons. The Hall–Kier alpha value is -1.51. The molecule has 0 N–H and O–H groups in total. The molecule has 0 aliphatic carbocycles. The number of alkyl halides is 3. The van der Waals surface area contributed by atoms with Crippen LogP contribution in [0.4, 0.5) is 13.2 Å². The van der Waals surface area contributed by atoms with E-state index in [1.807, 2.05) is 0 Å². The molecule has 3 nitrogen and oxygen atoms in total. The molecule has 1 aromatic heterocycles. The molecule has 0 radical (unpaired) electrons. The molecule has 0 saturated heterocycles. The first-order chi connectivity index (χ1) is 6.45. The van der Waals surface area contributed by atoms with Crippen molar-refractivity contribution in [2.75, 3.05) is 6.54 Å². The van der Waals surface area contributed by atoms with E-state index in [0.717, 1.165) is 4.68 Å². The van der Waals surface area contributed by atoms with Crippen LogP contribution < -0.4 is 0 Å². The minimum absolute atomic E-state index is 0.0504. The van der Waals surface area contributed by atoms with Gasteiger partial charge in [0, 0.05) is 25.2 Å². The SMILES string of the molecule is [C-]#[N+]CCc1cn(C)nc1C(F)(F)F. The van der Waals surface area contributed by atoms with Gasteiger partial charge in [-0.3, -0.25) is 4.68 Å². The van der Waals surface area contributed by atoms with Gasteiger partial charge in [0.15, 0.2) is 5.69 Å². The van der Waals surface area contributed by atoms with Crippen molar-refractivity contribution in [2.45, 2.75) is 12.6 Å². The lowest BCUT2D eigenvalue weighted by Gasteiger charge is -2.03. The summed E-state index contributed by atoms with van der Waals surface area (Å²) in [6.45, 7) is 6.55. The molecule has 0 unspecified atom stereocenters. The van der Waals surface area contributed by atoms with Crippen molar-refractivity contribution in [3.63, 3.8) is 0 Å². The summed E-state index contributed by atoms with van der Waals surface area (Å²) in [7, 11) is 1.43. The monoisotopic (exact) mass is 203 g/mol. The summed E-state index contributed by atoms with van der Waals surface area (Å²) >= 11 is 0. The maximum atomic E-state index is 12.3. The van der Waals surface area contributed by atoms with Gasteiger partial charge in [-0.05, 0) is 0 Å². The van der Waals surface area contributed by atoms with E-state index in [1.54, 1.807) is 0 Å². The molecule has 1 aromatic rings. The van der Waals surface area contributed by atoms with E-state index in [1.165, 1.54) is 13.2 Å². The first kappa shape index (κ1) is 10.6. The third-order valence-corrected chi connectivity index (χ3v) is 1.67. The van der Waals surface area contributed by atoms with Crippen molar-refractivity contribution in [1.82, 2.24) is 9.78 Å². The standard InChI is InChI=1S/C8H8F3N3/c1-12-4-3-6-5-14(2)13-7(6)8(9,10)11/h5H,3-4H2,2H3. The van der Waals surface area contributed by atoms with Crippen LogP contribution in [0.25, 0.3) is 4.85 Å². The maximum Gasteiger partial charge on any atom is 0.435 e. The number of aryl methyl sites for hydroxylation is 1. The van der Waals surface area contributed by atoms with Gasteiger partial charge in [-0.2, -0.15) is 18.3 Å². The van der Waals surface area contributed by atoms with Gasteiger partial charge in [0.1, 0.15) is 0 Å². The third kappa shape index (κ3) is 2.25. The minimum Gasteiger partial charge on any atom is -0.317 e. The highest BCUT2D eigenvalue weighted by Crippen LogP contribution is 2.30. The minimum atomic E-state index is -4.43. The van der Waals surface area contributed by atoms with Crippen molar-refractivity contribution in [3.8, 4) is 0 Å². The van der Waals surface area contributed by atoms with Gasteiger partial charge in [-0.25, -0.2) is 6.57 Å². The molecule has 0 spiro atoms. The van der Waals surface area contributed by atoms with E-state index in [2.05, 4.69) is 9.94 Å². The fourth-order valence-corrected chi connectivity index (χ4v) is 1.14. The Balaban J connectivity index is 2.98. The van der Waals surface area contributed by atoms with Gasteiger partial charge >= 0.3 is 6.18 Å². The van der Waals surface area contributed by atoms with Crippen LogP contribution in [0.3, 0.4) is 0 Å². The quantitative estimate of drug-likeness (QED) is 0.673. The Morgan fingerprint density at radius 1 is 1.57 bits per heavy atom. The lowest BCUT2D eigenvalue weighted by molar-refractivity contribution is -0.142. The van der Waals surface area contributed by atoms with Crippen molar-refractivity contribution < 1.29 is 13.2 Å². The molecule has 0 aliphatic rings. The van der Waals surface area contributed by atoms with E-state index in [4.69, 9.17) is 6.57 Å². The lowest BCUT2D eigenvalue weighted by Crippen LogP contribution is -2.09. The molecule has 0 aromatic carbocycles. The molecule has 0 amide bonds. The number of halogens is 3. The number of rotatable bonds is 2. The predicted octanol–water partition coefficient (Wildman–Crippen LogP) is 1.90. The molecule has 0 atom stereocenters. The average Bonchev–Trinajstić information content (AvgIpc) is 2.42. The van der Waals surface area contributed by atoms with E-state index in [0.29, 0.717) is 0 Å². The van der Waals surface area contributed by atoms with Crippen molar-refractivity contribution >= 4 is 0 Å². The summed E-state index contributed by atoms with van der Waals surface area (Å²) in [6.07, 6.45) is -3.04. The van der Waals surface area contributed by atoms with E-state index in [9.17, 15) is 13.2 Å². The number of hydrogen-bond acceptors (Lipinski definition) is 1. The summed E-state index contributed by atoms with van der Waals surface area (Å²) in [5, 5.41) is 3.32. The second-order valence-electron chi connectivity index (χ2n) is 2.81. The normalized spacial score (nSPS) is 11.4. The molecule has 1 heterocycles. The molecule has 0 aliphatic heterocycles. The van der Waals surface area contributed by atoms with Gasteiger partial charge in [0.05, 0.1) is 0 Å². The first-order valence-corrected chi connectivity index (χ1v) is 3.88. The topological polar surface area (TPSA) is 22.2 Å². The van der Waals surface area contributed by atoms with Crippen molar-refractivity contribution in [1.29, 1.82) is 0 Å². The summed E-state index contributed by atoms with van der Waals surface area (Å²) < 4.78 is 38.1. The van der Waals surface area contributed by atoms with Crippen LogP contribution in [-0.2, 0) is 19.6 Å². The zero-order chi connectivity index (χ0) is 10.8. The van der Waals surface area contributed by atoms with Crippen molar-refractivity contribution in [3.05, 3.63) is 28.9 Å². The lowest BCUT2D eigenvalue weighted by atomic mass is 10.2. The van der Waals surface area contributed by atoms with Crippen LogP contribution in [0.1, 0.15) is 11.3 Å². The number of hydrogen-bond donors (Lipinski definition) is 0. The van der Waals surface area contributed by atoms with Gasteiger partial charge in [0.25, 0.3) is 0 Å². The zero-order valence-electron chi connectivity index (χ0n) is 7.47. The molecular weight excluding hydrogens is 195 g/mol. The maximum absolute atomic E-state index is 12.3. The highest BCUT2D eigenvalue weighted by molar-refractivity contribution is 5.20. The summed E-state index contributed by atoms with van der Waals surface area (Å²) in [6, 6.07) is 0. The van der Waals surface area contributed by atoms with E-state index < -0.39 is 11.9 Å². The van der Waals surface area contributed by atoms with Crippen LogP contribution in [0, 0.1) is 6.57 Å². The molecule has 0 fully saturated rings. The molecule has 0 bridgehead atoms. The van der Waals surface area contributed by atoms with Crippen LogP contribution >= 0.6 is 0 Å². The van der Waals surface area contributed by atoms with Crippen LogP contribution in [0.5, 0.6) is 0 Å². The fraction of sp³-hybridized carbons (Fsp3) is 0.500. The Morgan fingerprint density at radius 3 is 2.71 bits per heavy atom. The molecule has 6 heteroatoms. The molecule has 1 rings (SSSR count). The zero-order valence-corrected chi connectivity index (χ0v) is 7.47. The fourth-order valence-electron chi connectivity index (χ4n) is 1.14. The summed E-state index contributed by atoms with van der Waals surface area (Å²) in [5.41, 5.74) is -0.806. The second kappa shape index (κ2) is 3.70. The van der Waals surface area contributed by atoms with Crippen LogP contribution in [0.15, 0.2) is 6.20 Å². The molecule has 14 heavy (non-hydrogen) atoms. The smallest absolute Gasteiger partial charge is 0.317 e. The van der Waals surface area contributed by atoms with Gasteiger partial charge < -0.3 is 4.85 Å². The van der Waals surface area contributed by atoms with Crippen molar-refractivity contribution in [2.24, 2.45) is 7.05 Å². The van der Waals surface area contributed by atoms with Gasteiger partial charge in [-0.15, -0.1) is 0 Å². The molecule has 0 saturated carbocycles. The third-order valence-electron chi connectivity index (χ3n) is 1.67. The highest BCUT2D eigenvalue weighted by Gasteiger charge is 2.36. The van der Waals surface area contributed by atoms with E-state index in [-0.39, 0.29) is 18.5 Å². The first-order valence-electron chi connectivity index (χ1n) is 3.88. The second-order valence-corrected chi connectivity index (χ2v) is 2.81. The number of nitrogens with zero attached hydrogens (tertiary/aromatic N) is 3. The van der Waals surface area contributed by atoms with E-state index >= 15 is 0 Å². The summed E-state index contributed by atoms with van der Waals surface area (Å²) in [5.74, 6) is 0. The largest absolute Gasteiger partial charge is 0.435 e. The Bertz CT molecular complexity index is 359. The van der Waals surface area contributed by atoms with Crippen LogP contribution in [0.2, 0.25) is 0 Å². The van der Waals surface area contributed by atoms with Crippen LogP contribution in [-0.4, -0.2) is 16.3 Å². The predicted molar refractivity (Wildman–Crippen MR) is 43.4 cm³/mol. The highest BCUT2D eigenvalue weighted by atomic mass is 19.4. The van der Waals surface area contributed by atoms with Gasteiger partial charge in [-0.1, -0.05) is 0 Å². The Labute approximate surface area is 79.0 Å². The average molecular weight is 203 g/mol. The molecular formula is C8H8F3N3.